The molecule has 2 rings (SSSR count). The van der Waals surface area contributed by atoms with Crippen LogP contribution >= 0.6 is 27.3 Å². The van der Waals surface area contributed by atoms with E-state index in [1.54, 1.807) is 26.2 Å². The monoisotopic (exact) mass is 476 g/mol. The van der Waals surface area contributed by atoms with E-state index < -0.39 is 42.1 Å². The van der Waals surface area contributed by atoms with E-state index in [9.17, 15) is 14.4 Å². The van der Waals surface area contributed by atoms with Crippen molar-refractivity contribution in [1.82, 2.24) is 21.2 Å². The summed E-state index contributed by atoms with van der Waals surface area (Å²) in [6, 6.07) is -1.41. The maximum atomic E-state index is 12.6. The number of nitrogens with zero attached hydrogens (tertiary/aromatic N) is 1. The Bertz CT molecular complexity index is 700. The molecule has 1 aromatic rings. The molecule has 2 atom stereocenters. The van der Waals surface area contributed by atoms with Crippen molar-refractivity contribution in [1.29, 1.82) is 0 Å². The van der Waals surface area contributed by atoms with Crippen molar-refractivity contribution in [3.8, 4) is 0 Å². The zero-order valence-electron chi connectivity index (χ0n) is 16.0. The fourth-order valence-corrected chi connectivity index (χ4v) is 3.75. The highest BCUT2D eigenvalue weighted by Gasteiger charge is 2.28. The molecule has 3 N–H and O–H groups in total. The topological polar surface area (TPSA) is 119 Å². The summed E-state index contributed by atoms with van der Waals surface area (Å²) in [6.07, 6.45) is 0.926. The third-order valence-electron chi connectivity index (χ3n) is 3.69. The number of Topliss-reactive ketones (excluding diaryl/α,β-unsaturated/α-hetero) is 1. The minimum atomic E-state index is -0.918. The number of rotatable bonds is 7. The van der Waals surface area contributed by atoms with Crippen LogP contribution in [0.2, 0.25) is 0 Å². The van der Waals surface area contributed by atoms with Crippen molar-refractivity contribution in [2.24, 2.45) is 0 Å². The first-order valence-electron chi connectivity index (χ1n) is 8.91. The average molecular weight is 477 g/mol. The first-order valence-corrected chi connectivity index (χ1v) is 10.6. The first-order chi connectivity index (χ1) is 13.1. The lowest BCUT2D eigenvalue weighted by molar-refractivity contribution is -0.151. The Kier molecular flexibility index (Phi) is 8.35. The molecule has 1 unspecified atom stereocenters. The van der Waals surface area contributed by atoms with Crippen LogP contribution in [0.3, 0.4) is 0 Å². The number of esters is 1. The second kappa shape index (κ2) is 10.3. The minimum Gasteiger partial charge on any atom is -0.456 e. The Labute approximate surface area is 176 Å². The van der Waals surface area contributed by atoms with Gasteiger partial charge < -0.3 is 14.8 Å². The summed E-state index contributed by atoms with van der Waals surface area (Å²) in [5, 5.41) is 5.00. The average Bonchev–Trinajstić information content (AvgIpc) is 3.02. The fourth-order valence-electron chi connectivity index (χ4n) is 2.43. The predicted octanol–water partition coefficient (Wildman–Crippen LogP) is 1.71. The second-order valence-electron chi connectivity index (χ2n) is 7.31. The van der Waals surface area contributed by atoms with Crippen LogP contribution in [0.1, 0.15) is 38.6 Å². The molecule has 0 aromatic carbocycles. The number of ketones is 1. The molecule has 11 heteroatoms. The molecular formula is C17H25BrN4O5S. The number of nitrogens with one attached hydrogen (secondary N) is 3. The number of carbonyl (C=O) groups excluding carboxylic acids is 3. The van der Waals surface area contributed by atoms with E-state index in [2.05, 4.69) is 37.1 Å². The maximum Gasteiger partial charge on any atom is 0.408 e. The highest BCUT2D eigenvalue weighted by Crippen LogP contribution is 2.17. The van der Waals surface area contributed by atoms with Crippen LogP contribution in [-0.2, 0) is 25.5 Å². The van der Waals surface area contributed by atoms with Gasteiger partial charge in [0.2, 0.25) is 0 Å². The number of thiazole rings is 1. The van der Waals surface area contributed by atoms with E-state index in [0.717, 1.165) is 13.0 Å². The normalized spacial score (nSPS) is 18.2. The molecule has 1 saturated heterocycles. The Hall–Kier alpha value is -1.56. The van der Waals surface area contributed by atoms with Gasteiger partial charge in [0.1, 0.15) is 22.3 Å². The largest absolute Gasteiger partial charge is 0.456 e. The standard InChI is InChI=1S/C17H25BrN4O5S/c1-17(2,3)27-16(25)20-11(7-14-21-13(18)9-28-14)12(23)8-26-15(24)10-5-4-6-19-22-10/h9-11,19,22H,4-8H2,1-3H3,(H,20,25)/t10-,11?/m0/s1. The molecule has 1 aromatic heterocycles. The van der Waals surface area contributed by atoms with E-state index in [-0.39, 0.29) is 6.42 Å². The molecule has 1 fully saturated rings. The number of hydrogen-bond donors (Lipinski definition) is 3. The van der Waals surface area contributed by atoms with Crippen LogP contribution in [0.5, 0.6) is 0 Å². The number of carbonyl (C=O) groups is 3. The van der Waals surface area contributed by atoms with Crippen LogP contribution in [0.15, 0.2) is 9.98 Å². The third kappa shape index (κ3) is 7.82. The molecule has 0 spiro atoms. The highest BCUT2D eigenvalue weighted by atomic mass is 79.9. The molecule has 1 aliphatic heterocycles. The van der Waals surface area contributed by atoms with E-state index in [0.29, 0.717) is 16.0 Å². The molecule has 0 bridgehead atoms. The van der Waals surface area contributed by atoms with Crippen LogP contribution in [0.4, 0.5) is 4.79 Å². The second-order valence-corrected chi connectivity index (χ2v) is 9.06. The quantitative estimate of drug-likeness (QED) is 0.508. The molecule has 9 nitrogen and oxygen atoms in total. The number of aromatic nitrogens is 1. The van der Waals surface area contributed by atoms with Crippen LogP contribution in [0.25, 0.3) is 0 Å². The molecule has 1 aliphatic rings. The number of alkyl carbamates (subject to hydrolysis) is 1. The van der Waals surface area contributed by atoms with Gasteiger partial charge in [-0.2, -0.15) is 0 Å². The highest BCUT2D eigenvalue weighted by molar-refractivity contribution is 9.10. The smallest absolute Gasteiger partial charge is 0.408 e. The zero-order chi connectivity index (χ0) is 20.7. The predicted molar refractivity (Wildman–Crippen MR) is 107 cm³/mol. The Morgan fingerprint density at radius 2 is 2.18 bits per heavy atom. The van der Waals surface area contributed by atoms with Crippen molar-refractivity contribution in [3.05, 3.63) is 15.0 Å². The summed E-state index contributed by atoms with van der Waals surface area (Å²) in [6.45, 7) is 5.52. The van der Waals surface area contributed by atoms with Crippen molar-refractivity contribution in [2.45, 2.75) is 57.7 Å². The number of hydrazine groups is 1. The number of amides is 1. The van der Waals surface area contributed by atoms with Crippen LogP contribution in [0, 0.1) is 0 Å². The van der Waals surface area contributed by atoms with Gasteiger partial charge in [-0.05, 0) is 49.5 Å². The molecule has 28 heavy (non-hydrogen) atoms. The summed E-state index contributed by atoms with van der Waals surface area (Å²) in [7, 11) is 0. The maximum absolute atomic E-state index is 12.6. The SMILES string of the molecule is CC(C)(C)OC(=O)NC(Cc1nc(Br)cs1)C(=O)COC(=O)[C@@H]1CCCNN1. The van der Waals surface area contributed by atoms with Gasteiger partial charge >= 0.3 is 12.1 Å². The van der Waals surface area contributed by atoms with Gasteiger partial charge in [0, 0.05) is 18.3 Å². The molecule has 2 heterocycles. The number of halogens is 1. The van der Waals surface area contributed by atoms with E-state index in [1.165, 1.54) is 11.3 Å². The molecule has 1 amide bonds. The molecule has 0 radical (unpaired) electrons. The summed E-state index contributed by atoms with van der Waals surface area (Å²) in [5.41, 5.74) is 5.02. The Morgan fingerprint density at radius 3 is 2.75 bits per heavy atom. The van der Waals surface area contributed by atoms with Gasteiger partial charge in [-0.25, -0.2) is 15.2 Å². The van der Waals surface area contributed by atoms with E-state index in [4.69, 9.17) is 9.47 Å². The minimum absolute atomic E-state index is 0.176. The summed E-state index contributed by atoms with van der Waals surface area (Å²) in [5.74, 6) is -0.942. The molecule has 0 aliphatic carbocycles. The van der Waals surface area contributed by atoms with Crippen molar-refractivity contribution < 1.29 is 23.9 Å². The summed E-state index contributed by atoms with van der Waals surface area (Å²) in [4.78, 5) is 41.1. The lowest BCUT2D eigenvalue weighted by Gasteiger charge is -2.24. The first kappa shape index (κ1) is 22.7. The van der Waals surface area contributed by atoms with Gasteiger partial charge in [0.05, 0.1) is 5.01 Å². The molecule has 156 valence electrons. The number of ether oxygens (including phenoxy) is 2. The van der Waals surface area contributed by atoms with Crippen molar-refractivity contribution in [2.75, 3.05) is 13.2 Å². The van der Waals surface area contributed by atoms with E-state index >= 15 is 0 Å². The lowest BCUT2D eigenvalue weighted by atomic mass is 10.1. The molecule has 0 saturated carbocycles. The van der Waals surface area contributed by atoms with Gasteiger partial charge in [-0.15, -0.1) is 11.3 Å². The van der Waals surface area contributed by atoms with Gasteiger partial charge in [0.15, 0.2) is 12.4 Å². The number of hydrogen-bond acceptors (Lipinski definition) is 9. The fraction of sp³-hybridized carbons (Fsp3) is 0.647. The van der Waals surface area contributed by atoms with Crippen LogP contribution < -0.4 is 16.2 Å². The van der Waals surface area contributed by atoms with Gasteiger partial charge in [-0.1, -0.05) is 0 Å². The molecular weight excluding hydrogens is 452 g/mol. The summed E-state index contributed by atoms with van der Waals surface area (Å²) >= 11 is 4.62. The van der Waals surface area contributed by atoms with Crippen LogP contribution in [-0.4, -0.2) is 53.7 Å². The van der Waals surface area contributed by atoms with Gasteiger partial charge in [0.25, 0.3) is 0 Å². The lowest BCUT2D eigenvalue weighted by Crippen LogP contribution is -2.51. The zero-order valence-corrected chi connectivity index (χ0v) is 18.4. The summed E-state index contributed by atoms with van der Waals surface area (Å²) < 4.78 is 11.0. The van der Waals surface area contributed by atoms with Gasteiger partial charge in [-0.3, -0.25) is 15.0 Å². The van der Waals surface area contributed by atoms with Crippen molar-refractivity contribution >= 4 is 45.1 Å². The van der Waals surface area contributed by atoms with Crippen molar-refractivity contribution in [3.63, 3.8) is 0 Å². The third-order valence-corrected chi connectivity index (χ3v) is 5.27. The Balaban J connectivity index is 1.96. The van der Waals surface area contributed by atoms with E-state index in [1.807, 2.05) is 0 Å². The Morgan fingerprint density at radius 1 is 1.43 bits per heavy atom.